The Balaban J connectivity index is 2.30. The summed E-state index contributed by atoms with van der Waals surface area (Å²) in [5, 5.41) is 3.88. The van der Waals surface area contributed by atoms with Gasteiger partial charge in [-0.2, -0.15) is 5.10 Å². The van der Waals surface area contributed by atoms with E-state index in [-0.39, 0.29) is 17.8 Å². The van der Waals surface area contributed by atoms with Crippen molar-refractivity contribution in [1.82, 2.24) is 9.78 Å². The summed E-state index contributed by atoms with van der Waals surface area (Å²) < 4.78 is 32.3. The molecule has 2 rings (SSSR count). The number of carbonyl (C=O) groups is 1. The van der Waals surface area contributed by atoms with Gasteiger partial charge in [0.25, 0.3) is 6.43 Å². The molecule has 0 aliphatic carbocycles. The predicted octanol–water partition coefficient (Wildman–Crippen LogP) is 3.08. The van der Waals surface area contributed by atoms with Crippen LogP contribution in [0.3, 0.4) is 0 Å². The smallest absolute Gasteiger partial charge is 0.280 e. The number of Topliss-reactive ketones (excluding diaryl/α,β-unsaturated/α-hetero) is 1. The minimum Gasteiger partial charge on any atom is -0.497 e. The number of rotatable bonds is 5. The Kier molecular flexibility index (Phi) is 4.12. The third-order valence-electron chi connectivity index (χ3n) is 2.96. The van der Waals surface area contributed by atoms with E-state index < -0.39 is 12.2 Å². The summed E-state index contributed by atoms with van der Waals surface area (Å²) in [6.07, 6.45) is -1.55. The van der Waals surface area contributed by atoms with Gasteiger partial charge in [0.05, 0.1) is 25.4 Å². The first-order valence-corrected chi connectivity index (χ1v) is 6.00. The Hall–Kier alpha value is -2.24. The highest BCUT2D eigenvalue weighted by Gasteiger charge is 2.22. The van der Waals surface area contributed by atoms with Crippen LogP contribution in [0.4, 0.5) is 8.78 Å². The number of alkyl halides is 2. The van der Waals surface area contributed by atoms with Crippen molar-refractivity contribution in [1.29, 1.82) is 0 Å². The Morgan fingerprint density at radius 2 is 2.00 bits per heavy atom. The van der Waals surface area contributed by atoms with Crippen LogP contribution in [-0.4, -0.2) is 22.7 Å². The van der Waals surface area contributed by atoms with E-state index >= 15 is 0 Å². The van der Waals surface area contributed by atoms with Gasteiger partial charge in [-0.05, 0) is 24.6 Å². The lowest BCUT2D eigenvalue weighted by molar-refractivity contribution is 0.0994. The Labute approximate surface area is 115 Å². The number of hydrogen-bond acceptors (Lipinski definition) is 3. The number of aromatic nitrogens is 2. The zero-order valence-electron chi connectivity index (χ0n) is 11.1. The van der Waals surface area contributed by atoms with Crippen LogP contribution in [0, 0.1) is 0 Å². The van der Waals surface area contributed by atoms with Gasteiger partial charge in [0.2, 0.25) is 0 Å². The number of nitrogens with zero attached hydrogens (tertiary/aromatic N) is 2. The molecule has 0 radical (unpaired) electrons. The lowest BCUT2D eigenvalue weighted by Crippen LogP contribution is -2.09. The second kappa shape index (κ2) is 5.81. The Morgan fingerprint density at radius 1 is 1.35 bits per heavy atom. The number of halogens is 2. The van der Waals surface area contributed by atoms with Crippen LogP contribution in [0.1, 0.15) is 35.0 Å². The van der Waals surface area contributed by atoms with Crippen LogP contribution in [0.2, 0.25) is 0 Å². The molecule has 106 valence electrons. The fraction of sp³-hybridized carbons (Fsp3) is 0.286. The third-order valence-corrected chi connectivity index (χ3v) is 2.96. The van der Waals surface area contributed by atoms with Crippen molar-refractivity contribution in [2.45, 2.75) is 19.9 Å². The maximum atomic E-state index is 13.1. The summed E-state index contributed by atoms with van der Waals surface area (Å²) >= 11 is 0. The summed E-state index contributed by atoms with van der Waals surface area (Å²) in [5.74, 6) is 0.272. The Morgan fingerprint density at radius 3 is 2.50 bits per heavy atom. The Bertz CT molecular complexity index is 606. The quantitative estimate of drug-likeness (QED) is 0.790. The van der Waals surface area contributed by atoms with Crippen molar-refractivity contribution in [2.75, 3.05) is 7.11 Å². The molecule has 1 aromatic heterocycles. The SMILES string of the molecule is COc1ccc(Cn2ncc(C(C)=O)c2C(F)F)cc1. The van der Waals surface area contributed by atoms with E-state index in [9.17, 15) is 13.6 Å². The fourth-order valence-electron chi connectivity index (χ4n) is 1.93. The van der Waals surface area contributed by atoms with Crippen molar-refractivity contribution in [3.63, 3.8) is 0 Å². The van der Waals surface area contributed by atoms with Crippen LogP contribution in [0.5, 0.6) is 5.75 Å². The minimum absolute atomic E-state index is 0.0338. The zero-order chi connectivity index (χ0) is 14.7. The van der Waals surface area contributed by atoms with E-state index in [1.807, 2.05) is 0 Å². The molecule has 0 fully saturated rings. The third kappa shape index (κ3) is 2.84. The minimum atomic E-state index is -2.74. The molecule has 2 aromatic rings. The van der Waals surface area contributed by atoms with Crippen molar-refractivity contribution in [3.8, 4) is 5.75 Å². The van der Waals surface area contributed by atoms with Crippen molar-refractivity contribution in [3.05, 3.63) is 47.3 Å². The van der Waals surface area contributed by atoms with Crippen LogP contribution in [0.25, 0.3) is 0 Å². The summed E-state index contributed by atoms with van der Waals surface area (Å²) in [6.45, 7) is 1.43. The van der Waals surface area contributed by atoms with Gasteiger partial charge in [-0.3, -0.25) is 9.48 Å². The number of ketones is 1. The van der Waals surface area contributed by atoms with Gasteiger partial charge < -0.3 is 4.74 Å². The van der Waals surface area contributed by atoms with Crippen molar-refractivity contribution in [2.24, 2.45) is 0 Å². The summed E-state index contributed by atoms with van der Waals surface area (Å²) in [6, 6.07) is 7.02. The normalized spacial score (nSPS) is 10.8. The largest absolute Gasteiger partial charge is 0.497 e. The van der Waals surface area contributed by atoms with E-state index in [1.165, 1.54) is 13.1 Å². The summed E-state index contributed by atoms with van der Waals surface area (Å²) in [5.41, 5.74) is 0.424. The van der Waals surface area contributed by atoms with Crippen LogP contribution >= 0.6 is 0 Å². The van der Waals surface area contributed by atoms with E-state index in [4.69, 9.17) is 4.74 Å². The molecule has 0 bridgehead atoms. The number of methoxy groups -OCH3 is 1. The van der Waals surface area contributed by atoms with E-state index in [0.29, 0.717) is 5.75 Å². The molecule has 0 amide bonds. The second-order valence-corrected chi connectivity index (χ2v) is 4.31. The van der Waals surface area contributed by atoms with Crippen LogP contribution < -0.4 is 4.74 Å². The lowest BCUT2D eigenvalue weighted by Gasteiger charge is -2.08. The standard InChI is InChI=1S/C14H14F2N2O2/c1-9(19)12-7-17-18(13(12)14(15)16)8-10-3-5-11(20-2)6-4-10/h3-7,14H,8H2,1-2H3. The van der Waals surface area contributed by atoms with Gasteiger partial charge in [0, 0.05) is 0 Å². The maximum absolute atomic E-state index is 13.1. The highest BCUT2D eigenvalue weighted by atomic mass is 19.3. The first-order valence-electron chi connectivity index (χ1n) is 6.00. The highest BCUT2D eigenvalue weighted by molar-refractivity contribution is 5.95. The molecule has 1 heterocycles. The van der Waals surface area contributed by atoms with Gasteiger partial charge in [-0.1, -0.05) is 12.1 Å². The molecule has 6 heteroatoms. The average molecular weight is 280 g/mol. The molecule has 0 N–H and O–H groups in total. The first-order chi connectivity index (χ1) is 9.52. The average Bonchev–Trinajstić information content (AvgIpc) is 2.83. The summed E-state index contributed by atoms with van der Waals surface area (Å²) in [7, 11) is 1.55. The molecule has 4 nitrogen and oxygen atoms in total. The fourth-order valence-corrected chi connectivity index (χ4v) is 1.93. The molecule has 0 atom stereocenters. The zero-order valence-corrected chi connectivity index (χ0v) is 11.1. The summed E-state index contributed by atoms with van der Waals surface area (Å²) in [4.78, 5) is 11.3. The molecule has 0 unspecified atom stereocenters. The van der Waals surface area contributed by atoms with Gasteiger partial charge in [0.1, 0.15) is 11.4 Å². The molecular formula is C14H14F2N2O2. The number of carbonyl (C=O) groups excluding carboxylic acids is 1. The molecule has 0 saturated carbocycles. The monoisotopic (exact) mass is 280 g/mol. The van der Waals surface area contributed by atoms with E-state index in [1.54, 1.807) is 31.4 Å². The van der Waals surface area contributed by atoms with Crippen LogP contribution in [0.15, 0.2) is 30.5 Å². The predicted molar refractivity (Wildman–Crippen MR) is 69.3 cm³/mol. The van der Waals surface area contributed by atoms with E-state index in [0.717, 1.165) is 10.2 Å². The topological polar surface area (TPSA) is 44.1 Å². The second-order valence-electron chi connectivity index (χ2n) is 4.31. The van der Waals surface area contributed by atoms with Crippen molar-refractivity contribution < 1.29 is 18.3 Å². The van der Waals surface area contributed by atoms with Gasteiger partial charge in [-0.25, -0.2) is 8.78 Å². The number of hydrogen-bond donors (Lipinski definition) is 0. The molecular weight excluding hydrogens is 266 g/mol. The van der Waals surface area contributed by atoms with Gasteiger partial charge in [0.15, 0.2) is 5.78 Å². The maximum Gasteiger partial charge on any atom is 0.280 e. The molecule has 0 aliphatic heterocycles. The molecule has 20 heavy (non-hydrogen) atoms. The highest BCUT2D eigenvalue weighted by Crippen LogP contribution is 2.24. The lowest BCUT2D eigenvalue weighted by atomic mass is 10.1. The van der Waals surface area contributed by atoms with Gasteiger partial charge in [-0.15, -0.1) is 0 Å². The molecule has 0 saturated heterocycles. The molecule has 0 spiro atoms. The molecule has 0 aliphatic rings. The first kappa shape index (κ1) is 14.2. The van der Waals surface area contributed by atoms with Gasteiger partial charge >= 0.3 is 0 Å². The van der Waals surface area contributed by atoms with Crippen LogP contribution in [-0.2, 0) is 6.54 Å². The van der Waals surface area contributed by atoms with E-state index in [2.05, 4.69) is 5.10 Å². The number of ether oxygens (including phenoxy) is 1. The number of benzene rings is 1. The van der Waals surface area contributed by atoms with Crippen molar-refractivity contribution >= 4 is 5.78 Å². The molecule has 1 aromatic carbocycles.